The van der Waals surface area contributed by atoms with Gasteiger partial charge in [-0.05, 0) is 44.5 Å². The normalized spacial score (nSPS) is 10.2. The summed E-state index contributed by atoms with van der Waals surface area (Å²) in [5, 5.41) is 0. The van der Waals surface area contributed by atoms with Crippen molar-refractivity contribution in [2.24, 2.45) is 0 Å². The third-order valence-electron chi connectivity index (χ3n) is 3.75. The van der Waals surface area contributed by atoms with Crippen molar-refractivity contribution in [3.63, 3.8) is 0 Å². The van der Waals surface area contributed by atoms with Crippen LogP contribution in [0.3, 0.4) is 0 Å². The molecule has 0 spiro atoms. The zero-order valence-corrected chi connectivity index (χ0v) is 16.5. The van der Waals surface area contributed by atoms with Crippen molar-refractivity contribution in [2.75, 3.05) is 20.8 Å². The molecule has 0 aliphatic carbocycles. The van der Waals surface area contributed by atoms with E-state index in [0.29, 0.717) is 17.9 Å². The van der Waals surface area contributed by atoms with Crippen LogP contribution in [0.2, 0.25) is 0 Å². The van der Waals surface area contributed by atoms with Crippen molar-refractivity contribution in [1.82, 2.24) is 4.98 Å². The van der Waals surface area contributed by atoms with E-state index in [9.17, 15) is 9.59 Å². The molecule has 0 fully saturated rings. The first kappa shape index (κ1) is 21.0. The lowest BCUT2D eigenvalue weighted by molar-refractivity contribution is 0.0731. The summed E-state index contributed by atoms with van der Waals surface area (Å²) in [7, 11) is 2.75. The number of ether oxygens (including phenoxy) is 5. The van der Waals surface area contributed by atoms with Gasteiger partial charge in [-0.1, -0.05) is 6.92 Å². The van der Waals surface area contributed by atoms with Crippen LogP contribution in [0.4, 0.5) is 4.79 Å². The Morgan fingerprint density at radius 3 is 2.14 bits per heavy atom. The molecule has 8 nitrogen and oxygen atoms in total. The van der Waals surface area contributed by atoms with Crippen molar-refractivity contribution in [2.45, 2.75) is 27.2 Å². The Morgan fingerprint density at radius 1 is 0.964 bits per heavy atom. The lowest BCUT2D eigenvalue weighted by atomic mass is 10.1. The van der Waals surface area contributed by atoms with Crippen LogP contribution in [-0.2, 0) is 11.2 Å². The van der Waals surface area contributed by atoms with Crippen LogP contribution in [0, 0.1) is 6.92 Å². The predicted octanol–water partition coefficient (Wildman–Crippen LogP) is 3.72. The molecule has 0 atom stereocenters. The molecule has 0 aliphatic rings. The summed E-state index contributed by atoms with van der Waals surface area (Å²) in [6.45, 7) is 5.59. The maximum atomic E-state index is 12.6. The first-order chi connectivity index (χ1) is 13.4. The Balaban J connectivity index is 2.35. The number of methoxy groups -OCH3 is 2. The molecular formula is C20H23NO7. The minimum Gasteiger partial charge on any atom is -0.493 e. The van der Waals surface area contributed by atoms with Crippen molar-refractivity contribution in [3.05, 3.63) is 41.2 Å². The van der Waals surface area contributed by atoms with Gasteiger partial charge in [0.25, 0.3) is 0 Å². The lowest BCUT2D eigenvalue weighted by Gasteiger charge is -2.15. The fourth-order valence-electron chi connectivity index (χ4n) is 2.43. The molecule has 0 radical (unpaired) electrons. The molecule has 1 aromatic heterocycles. The number of carbonyl (C=O) groups excluding carboxylic acids is 2. The third-order valence-corrected chi connectivity index (χ3v) is 3.75. The van der Waals surface area contributed by atoms with E-state index in [1.54, 1.807) is 19.1 Å². The molecule has 0 aliphatic heterocycles. The molecule has 8 heteroatoms. The predicted molar refractivity (Wildman–Crippen MR) is 101 cm³/mol. The van der Waals surface area contributed by atoms with Crippen LogP contribution in [0.25, 0.3) is 0 Å². The highest BCUT2D eigenvalue weighted by atomic mass is 16.7. The molecule has 0 bridgehead atoms. The third kappa shape index (κ3) is 4.91. The van der Waals surface area contributed by atoms with E-state index in [2.05, 4.69) is 4.98 Å². The second-order valence-electron chi connectivity index (χ2n) is 5.64. The van der Waals surface area contributed by atoms with E-state index in [1.165, 1.54) is 26.4 Å². The van der Waals surface area contributed by atoms with Crippen LogP contribution >= 0.6 is 0 Å². The van der Waals surface area contributed by atoms with Gasteiger partial charge >= 0.3 is 12.1 Å². The van der Waals surface area contributed by atoms with Crippen LogP contribution in [0.15, 0.2) is 24.3 Å². The van der Waals surface area contributed by atoms with Crippen molar-refractivity contribution < 1.29 is 33.3 Å². The molecule has 1 heterocycles. The highest BCUT2D eigenvalue weighted by Gasteiger charge is 2.22. The number of nitrogens with zero attached hydrogens (tertiary/aromatic N) is 1. The van der Waals surface area contributed by atoms with Gasteiger partial charge in [0.2, 0.25) is 5.75 Å². The molecule has 1 aromatic carbocycles. The molecule has 0 N–H and O–H groups in total. The van der Waals surface area contributed by atoms with E-state index in [0.717, 1.165) is 5.69 Å². The number of aryl methyl sites for hydroxylation is 2. The zero-order valence-electron chi connectivity index (χ0n) is 16.5. The number of hydrogen-bond acceptors (Lipinski definition) is 8. The second kappa shape index (κ2) is 9.59. The molecule has 2 rings (SSSR count). The fraction of sp³-hybridized carbons (Fsp3) is 0.350. The Hall–Kier alpha value is -3.29. The number of hydrogen-bond donors (Lipinski definition) is 0. The van der Waals surface area contributed by atoms with Gasteiger partial charge in [0, 0.05) is 5.69 Å². The average molecular weight is 389 g/mol. The monoisotopic (exact) mass is 389 g/mol. The minimum absolute atomic E-state index is 0.00579. The van der Waals surface area contributed by atoms with Gasteiger partial charge in [-0.2, -0.15) is 0 Å². The summed E-state index contributed by atoms with van der Waals surface area (Å²) in [6, 6.07) is 6.25. The Labute approximate surface area is 163 Å². The highest BCUT2D eigenvalue weighted by molar-refractivity contribution is 5.93. The Morgan fingerprint density at radius 2 is 1.61 bits per heavy atom. The van der Waals surface area contributed by atoms with Crippen LogP contribution in [-0.4, -0.2) is 37.9 Å². The van der Waals surface area contributed by atoms with E-state index in [-0.39, 0.29) is 29.4 Å². The largest absolute Gasteiger partial charge is 0.514 e. The van der Waals surface area contributed by atoms with Gasteiger partial charge in [0.05, 0.1) is 32.1 Å². The summed E-state index contributed by atoms with van der Waals surface area (Å²) in [5.74, 6) is 0.00275. The van der Waals surface area contributed by atoms with Gasteiger partial charge in [0.15, 0.2) is 17.2 Å². The summed E-state index contributed by atoms with van der Waals surface area (Å²) in [5.41, 5.74) is 1.67. The van der Waals surface area contributed by atoms with Gasteiger partial charge in [-0.3, -0.25) is 4.98 Å². The van der Waals surface area contributed by atoms with Crippen molar-refractivity contribution in [1.29, 1.82) is 0 Å². The molecule has 150 valence electrons. The summed E-state index contributed by atoms with van der Waals surface area (Å²) < 4.78 is 25.9. The molecule has 2 aromatic rings. The van der Waals surface area contributed by atoms with Crippen LogP contribution in [0.1, 0.15) is 35.6 Å². The van der Waals surface area contributed by atoms with Gasteiger partial charge in [-0.15, -0.1) is 0 Å². The quantitative estimate of drug-likeness (QED) is 0.522. The van der Waals surface area contributed by atoms with E-state index in [4.69, 9.17) is 23.7 Å². The molecule has 0 saturated heterocycles. The maximum absolute atomic E-state index is 12.6. The summed E-state index contributed by atoms with van der Waals surface area (Å²) in [4.78, 5) is 28.7. The number of rotatable bonds is 7. The van der Waals surface area contributed by atoms with E-state index >= 15 is 0 Å². The number of benzene rings is 1. The second-order valence-corrected chi connectivity index (χ2v) is 5.64. The lowest BCUT2D eigenvalue weighted by Crippen LogP contribution is -2.14. The van der Waals surface area contributed by atoms with Gasteiger partial charge in [0.1, 0.15) is 0 Å². The first-order valence-electron chi connectivity index (χ1n) is 8.72. The van der Waals surface area contributed by atoms with E-state index < -0.39 is 12.1 Å². The zero-order chi connectivity index (χ0) is 20.7. The topological polar surface area (TPSA) is 93.2 Å². The fourth-order valence-corrected chi connectivity index (χ4v) is 2.43. The maximum Gasteiger partial charge on any atom is 0.514 e. The molecule has 28 heavy (non-hydrogen) atoms. The Kier molecular flexibility index (Phi) is 7.20. The molecule has 0 saturated carbocycles. The van der Waals surface area contributed by atoms with Crippen molar-refractivity contribution in [3.8, 4) is 23.0 Å². The molecule has 0 amide bonds. The van der Waals surface area contributed by atoms with Gasteiger partial charge in [-0.25, -0.2) is 9.59 Å². The Bertz CT molecular complexity index is 839. The summed E-state index contributed by atoms with van der Waals surface area (Å²) >= 11 is 0. The first-order valence-corrected chi connectivity index (χ1v) is 8.72. The average Bonchev–Trinajstić information content (AvgIpc) is 2.69. The van der Waals surface area contributed by atoms with Gasteiger partial charge < -0.3 is 23.7 Å². The number of pyridine rings is 1. The van der Waals surface area contributed by atoms with Crippen LogP contribution in [0.5, 0.6) is 23.0 Å². The van der Waals surface area contributed by atoms with E-state index in [1.807, 2.05) is 13.8 Å². The minimum atomic E-state index is -0.909. The van der Waals surface area contributed by atoms with Crippen LogP contribution < -0.4 is 18.9 Å². The smallest absolute Gasteiger partial charge is 0.493 e. The molecule has 0 unspecified atom stereocenters. The highest BCUT2D eigenvalue weighted by Crippen LogP contribution is 2.39. The standard InChI is InChI=1S/C20H23NO7/c1-6-14-15(9-8-12(3)21-14)27-19(22)13-10-16(24-4)18(17(11-13)25-5)28-20(23)26-7-2/h8-11H,6-7H2,1-5H3. The number of aromatic nitrogens is 1. The SMILES string of the molecule is CCOC(=O)Oc1c(OC)cc(C(=O)Oc2ccc(C)nc2CC)cc1OC. The number of carbonyl (C=O) groups is 2. The molecular weight excluding hydrogens is 366 g/mol. The summed E-state index contributed by atoms with van der Waals surface area (Å²) in [6.07, 6.45) is -0.295. The van der Waals surface area contributed by atoms with Crippen molar-refractivity contribution >= 4 is 12.1 Å². The number of esters is 1.